The zero-order valence-electron chi connectivity index (χ0n) is 14.9. The number of amides is 1. The summed E-state index contributed by atoms with van der Waals surface area (Å²) < 4.78 is 5.54. The van der Waals surface area contributed by atoms with E-state index in [0.29, 0.717) is 11.9 Å². The van der Waals surface area contributed by atoms with E-state index in [1.807, 2.05) is 40.0 Å². The molecule has 1 fully saturated rings. The predicted molar refractivity (Wildman–Crippen MR) is 92.7 cm³/mol. The van der Waals surface area contributed by atoms with E-state index in [1.54, 1.807) is 4.90 Å². The fourth-order valence-corrected chi connectivity index (χ4v) is 2.71. The molecule has 5 nitrogen and oxygen atoms in total. The zero-order chi connectivity index (χ0) is 17.0. The Morgan fingerprint density at radius 3 is 2.70 bits per heavy atom. The molecule has 2 rings (SSSR count). The topological polar surface area (TPSA) is 54.5 Å². The van der Waals surface area contributed by atoms with Gasteiger partial charge in [0.1, 0.15) is 11.4 Å². The van der Waals surface area contributed by atoms with Crippen molar-refractivity contribution < 1.29 is 9.53 Å². The lowest BCUT2D eigenvalue weighted by Gasteiger charge is -2.30. The lowest BCUT2D eigenvalue weighted by atomic mass is 10.1. The van der Waals surface area contributed by atoms with Crippen molar-refractivity contribution in [3.63, 3.8) is 0 Å². The fourth-order valence-electron chi connectivity index (χ4n) is 2.71. The van der Waals surface area contributed by atoms with Crippen molar-refractivity contribution in [3.05, 3.63) is 23.9 Å². The van der Waals surface area contributed by atoms with E-state index >= 15 is 0 Å². The second-order valence-electron chi connectivity index (χ2n) is 7.21. The molecule has 1 N–H and O–H groups in total. The first-order valence-electron chi connectivity index (χ1n) is 8.53. The maximum absolute atomic E-state index is 12.6. The van der Waals surface area contributed by atoms with Crippen molar-refractivity contribution in [2.45, 2.75) is 71.6 Å². The van der Waals surface area contributed by atoms with Gasteiger partial charge in [-0.1, -0.05) is 13.0 Å². The molecule has 1 aliphatic heterocycles. The maximum Gasteiger partial charge on any atom is 0.416 e. The smallest absolute Gasteiger partial charge is 0.416 e. The van der Waals surface area contributed by atoms with Crippen LogP contribution in [0.2, 0.25) is 0 Å². The van der Waals surface area contributed by atoms with Crippen LogP contribution >= 0.6 is 0 Å². The number of anilines is 1. The van der Waals surface area contributed by atoms with Crippen molar-refractivity contribution in [3.8, 4) is 0 Å². The van der Waals surface area contributed by atoms with Crippen molar-refractivity contribution >= 4 is 11.9 Å². The number of rotatable bonds is 4. The van der Waals surface area contributed by atoms with Gasteiger partial charge in [0.25, 0.3) is 0 Å². The van der Waals surface area contributed by atoms with Crippen LogP contribution in [0.4, 0.5) is 10.6 Å². The van der Waals surface area contributed by atoms with Gasteiger partial charge in [-0.2, -0.15) is 0 Å². The highest BCUT2D eigenvalue weighted by molar-refractivity contribution is 5.87. The second-order valence-corrected chi connectivity index (χ2v) is 7.21. The van der Waals surface area contributed by atoms with E-state index in [1.165, 1.54) is 12.0 Å². The van der Waals surface area contributed by atoms with Crippen LogP contribution in [0.15, 0.2) is 18.3 Å². The van der Waals surface area contributed by atoms with Crippen LogP contribution in [0.25, 0.3) is 0 Å². The van der Waals surface area contributed by atoms with Gasteiger partial charge in [-0.25, -0.2) is 9.78 Å². The van der Waals surface area contributed by atoms with Gasteiger partial charge < -0.3 is 10.1 Å². The molecular formula is C18H29N3O2. The van der Waals surface area contributed by atoms with Gasteiger partial charge in [-0.05, 0) is 65.1 Å². The van der Waals surface area contributed by atoms with Gasteiger partial charge in [-0.15, -0.1) is 0 Å². The molecule has 2 atom stereocenters. The van der Waals surface area contributed by atoms with Crippen molar-refractivity contribution in [1.82, 2.24) is 10.3 Å². The van der Waals surface area contributed by atoms with Crippen LogP contribution in [0.5, 0.6) is 0 Å². The lowest BCUT2D eigenvalue weighted by Crippen LogP contribution is -2.42. The third-order valence-corrected chi connectivity index (χ3v) is 4.10. The highest BCUT2D eigenvalue weighted by Crippen LogP contribution is 2.25. The van der Waals surface area contributed by atoms with Crippen molar-refractivity contribution in [2.24, 2.45) is 0 Å². The number of nitrogens with one attached hydrogen (secondary N) is 1. The summed E-state index contributed by atoms with van der Waals surface area (Å²) in [5.41, 5.74) is 0.663. The Bertz CT molecular complexity index is 516. The Hall–Kier alpha value is -1.62. The Morgan fingerprint density at radius 1 is 1.48 bits per heavy atom. The first-order valence-corrected chi connectivity index (χ1v) is 8.53. The summed E-state index contributed by atoms with van der Waals surface area (Å²) in [6.07, 6.45) is 4.71. The van der Waals surface area contributed by atoms with Gasteiger partial charge >= 0.3 is 6.09 Å². The molecule has 1 amide bonds. The maximum atomic E-state index is 12.6. The molecule has 0 spiro atoms. The normalized spacial score (nSPS) is 19.4. The molecule has 2 unspecified atom stereocenters. The number of carbonyl (C=O) groups excluding carboxylic acids is 1. The van der Waals surface area contributed by atoms with Gasteiger partial charge in [0.05, 0.1) is 0 Å². The van der Waals surface area contributed by atoms with Gasteiger partial charge in [0, 0.05) is 18.3 Å². The molecule has 2 heterocycles. The number of ether oxygens (including phenoxy) is 1. The van der Waals surface area contributed by atoms with Gasteiger partial charge in [0.2, 0.25) is 0 Å². The minimum Gasteiger partial charge on any atom is -0.443 e. The minimum absolute atomic E-state index is 0.0350. The summed E-state index contributed by atoms with van der Waals surface area (Å²) >= 11 is 0. The highest BCUT2D eigenvalue weighted by atomic mass is 16.6. The molecule has 1 aromatic heterocycles. The molecule has 23 heavy (non-hydrogen) atoms. The van der Waals surface area contributed by atoms with Crippen molar-refractivity contribution in [1.29, 1.82) is 0 Å². The Kier molecular flexibility index (Phi) is 5.63. The highest BCUT2D eigenvalue weighted by Gasteiger charge is 2.28. The lowest BCUT2D eigenvalue weighted by molar-refractivity contribution is 0.0566. The first kappa shape index (κ1) is 17.7. The average molecular weight is 319 g/mol. The Morgan fingerprint density at radius 2 is 2.22 bits per heavy atom. The molecule has 0 saturated carbocycles. The van der Waals surface area contributed by atoms with Crippen LogP contribution < -0.4 is 10.2 Å². The molecule has 128 valence electrons. The predicted octanol–water partition coefficient (Wildman–Crippen LogP) is 4.05. The summed E-state index contributed by atoms with van der Waals surface area (Å²) in [5, 5.41) is 3.46. The molecule has 0 radical (unpaired) electrons. The summed E-state index contributed by atoms with van der Waals surface area (Å²) in [6.45, 7) is 10.8. The summed E-state index contributed by atoms with van der Waals surface area (Å²) in [5.74, 6) is 0.648. The molecule has 1 aromatic rings. The summed E-state index contributed by atoms with van der Waals surface area (Å²) in [7, 11) is 0. The summed E-state index contributed by atoms with van der Waals surface area (Å²) in [6, 6.07) is 4.40. The fraction of sp³-hybridized carbons (Fsp3) is 0.667. The van der Waals surface area contributed by atoms with E-state index in [0.717, 1.165) is 19.4 Å². The molecule has 0 bridgehead atoms. The van der Waals surface area contributed by atoms with Crippen molar-refractivity contribution in [2.75, 3.05) is 11.4 Å². The number of nitrogens with zero attached hydrogens (tertiary/aromatic N) is 2. The number of carbonyl (C=O) groups is 1. The third kappa shape index (κ3) is 4.67. The zero-order valence-corrected chi connectivity index (χ0v) is 14.9. The van der Waals surface area contributed by atoms with E-state index in [4.69, 9.17) is 4.74 Å². The molecule has 0 aromatic carbocycles. The average Bonchev–Trinajstić information content (AvgIpc) is 3.00. The van der Waals surface area contributed by atoms with Gasteiger partial charge in [0.15, 0.2) is 0 Å². The van der Waals surface area contributed by atoms with Crippen LogP contribution in [-0.4, -0.2) is 29.3 Å². The largest absolute Gasteiger partial charge is 0.443 e. The van der Waals surface area contributed by atoms with E-state index < -0.39 is 5.60 Å². The quantitative estimate of drug-likeness (QED) is 0.910. The second kappa shape index (κ2) is 7.30. The van der Waals surface area contributed by atoms with E-state index in [2.05, 4.69) is 23.3 Å². The SMILES string of the molecule is CCC(C)N(C(=O)OC(C)(C)C)c1ccc(C2CCCN2)cn1. The number of hydrogen-bond acceptors (Lipinski definition) is 4. The number of pyridine rings is 1. The number of aromatic nitrogens is 1. The van der Waals surface area contributed by atoms with E-state index in [9.17, 15) is 4.79 Å². The monoisotopic (exact) mass is 319 g/mol. The molecule has 0 aliphatic carbocycles. The molecule has 5 heteroatoms. The van der Waals surface area contributed by atoms with Crippen LogP contribution in [0.3, 0.4) is 0 Å². The summed E-state index contributed by atoms with van der Waals surface area (Å²) in [4.78, 5) is 18.7. The molecule has 1 saturated heterocycles. The molecule has 1 aliphatic rings. The van der Waals surface area contributed by atoms with E-state index in [-0.39, 0.29) is 12.1 Å². The van der Waals surface area contributed by atoms with Crippen LogP contribution in [0, 0.1) is 0 Å². The molecular weight excluding hydrogens is 290 g/mol. The minimum atomic E-state index is -0.517. The Balaban J connectivity index is 2.19. The Labute approximate surface area is 139 Å². The third-order valence-electron chi connectivity index (χ3n) is 4.10. The first-order chi connectivity index (χ1) is 10.8. The van der Waals surface area contributed by atoms with Gasteiger partial charge in [-0.3, -0.25) is 4.90 Å². The van der Waals surface area contributed by atoms with Crippen LogP contribution in [-0.2, 0) is 4.74 Å². The van der Waals surface area contributed by atoms with Crippen LogP contribution in [0.1, 0.15) is 65.5 Å². The standard InChI is InChI=1S/C18H29N3O2/c1-6-13(2)21(17(22)23-18(3,4)5)16-10-9-14(12-20-16)15-8-7-11-19-15/h9-10,12-13,15,19H,6-8,11H2,1-5H3. The number of hydrogen-bond donors (Lipinski definition) is 1.